The highest BCUT2D eigenvalue weighted by Gasteiger charge is 2.52. The maximum atomic E-state index is 13.8. The van der Waals surface area contributed by atoms with Gasteiger partial charge in [0.05, 0.1) is 11.5 Å². The summed E-state index contributed by atoms with van der Waals surface area (Å²) in [5.41, 5.74) is -18.9. The van der Waals surface area contributed by atoms with Crippen LogP contribution in [0.4, 0.5) is 97.4 Å². The van der Waals surface area contributed by atoms with E-state index in [1.165, 1.54) is 36.4 Å². The van der Waals surface area contributed by atoms with Gasteiger partial charge in [-0.25, -0.2) is 26.8 Å². The standard InChI is InChI=1S/C17H16F5NO3S.C10H11F3N2O3S.C9H5F3N2O3S.C8H5F3N2O5S.C8H7F3N2O3S/c18-10-11(19)13(21)15(14(22)12(10)20)27(25,26)23-16(24)17-4-7-1-8(5-17)3-9(2-7)6-17;1-15(2)8-5-3-7(4-6-8)9(16)14-19(17,18)10(11,12)13;1-13-7-4-2-6(3-5-7)8(15)14-18(16,17)9(10,11)12;9-8(10,11)19(17,18)12-7(14)5-1-3-6(4-2-5)13(15)16;9-8(10,11)17(15,16)13-7(14)5-1-3-6(12)4-2-5/h7-9H,1-6H2,(H,23,24);3-6H,1-2H3,(H,14,16);2-5H,(H,14,15);1-4H,(H,12,14);1-4H,12H2,(H,13,14)/p-5. The molecule has 26 nitrogen and oxygen atoms in total. The number of hydrogen-bond acceptors (Lipinski definition) is 19. The van der Waals surface area contributed by atoms with Gasteiger partial charge in [0, 0.05) is 66.6 Å². The topological polar surface area (TPSA) is 425 Å². The van der Waals surface area contributed by atoms with E-state index < -0.39 is 157 Å². The smallest absolute Gasteiger partial charge is 0.518 e. The Labute approximate surface area is 552 Å². The number of non-ortho nitro benzene ring substituents is 1. The Morgan fingerprint density at radius 3 is 1.02 bits per heavy atom. The van der Waals surface area contributed by atoms with Gasteiger partial charge >= 0.3 is 62.1 Å². The third-order valence-electron chi connectivity index (χ3n) is 13.5. The molecule has 4 bridgehead atoms. The molecule has 548 valence electrons. The lowest BCUT2D eigenvalue weighted by Gasteiger charge is -2.58. The highest BCUT2D eigenvalue weighted by Crippen LogP contribution is 2.60. The maximum absolute atomic E-state index is 13.8. The lowest BCUT2D eigenvalue weighted by Crippen LogP contribution is -2.53. The molecule has 9 rings (SSSR count). The van der Waals surface area contributed by atoms with Gasteiger partial charge in [0.1, 0.15) is 0 Å². The number of nitrogens with zero attached hydrogens (tertiary/aromatic N) is 8. The Kier molecular flexibility index (Phi) is 25.7. The first-order chi connectivity index (χ1) is 45.4. The van der Waals surface area contributed by atoms with Gasteiger partial charge in [0.15, 0.2) is 33.9 Å². The molecule has 0 heterocycles. The van der Waals surface area contributed by atoms with Crippen LogP contribution in [0, 0.1) is 68.9 Å². The van der Waals surface area contributed by atoms with Crippen LogP contribution in [0.3, 0.4) is 0 Å². The number of nitro benzene ring substituents is 1. The fraction of sp³-hybridized carbons (Fsp3) is 0.308. The van der Waals surface area contributed by atoms with Gasteiger partial charge in [-0.2, -0.15) is 117 Å². The Hall–Kier alpha value is -9.50. The summed E-state index contributed by atoms with van der Waals surface area (Å²) in [5, 5.41) is 67.8. The van der Waals surface area contributed by atoms with Crippen molar-refractivity contribution in [2.45, 2.75) is 65.5 Å². The van der Waals surface area contributed by atoms with E-state index in [9.17, 15) is 152 Å². The molecule has 5 aromatic rings. The average molecular weight is 1550 g/mol. The maximum Gasteiger partial charge on any atom is 0.518 e. The molecular weight excluding hydrogens is 1510 g/mol. The van der Waals surface area contributed by atoms with Crippen LogP contribution < -0.4 is 36.2 Å². The molecule has 0 aromatic heterocycles. The first-order valence-corrected chi connectivity index (χ1v) is 33.4. The van der Waals surface area contributed by atoms with Gasteiger partial charge in [0.2, 0.25) is 5.82 Å². The predicted molar refractivity (Wildman–Crippen MR) is 305 cm³/mol. The second-order valence-electron chi connectivity index (χ2n) is 20.8. The van der Waals surface area contributed by atoms with Gasteiger partial charge in [-0.05, 0) is 121 Å². The van der Waals surface area contributed by atoms with E-state index in [4.69, 9.17) is 12.3 Å². The van der Waals surface area contributed by atoms with E-state index in [-0.39, 0.29) is 45.8 Å². The van der Waals surface area contributed by atoms with Gasteiger partial charge in [-0.3, -0.25) is 10.1 Å². The molecule has 4 aliphatic carbocycles. The van der Waals surface area contributed by atoms with Crippen molar-refractivity contribution in [3.63, 3.8) is 0 Å². The predicted octanol–water partition coefficient (Wildman–Crippen LogP) is 5.73. The number of alkyl halides is 12. The second kappa shape index (κ2) is 30.9. The summed E-state index contributed by atoms with van der Waals surface area (Å²) < 4.78 is 332. The zero-order chi connectivity index (χ0) is 76.7. The molecule has 0 unspecified atom stereocenters. The molecule has 0 atom stereocenters. The Bertz CT molecular complexity index is 4610. The van der Waals surface area contributed by atoms with Crippen LogP contribution in [-0.4, -0.2) is 113 Å². The summed E-state index contributed by atoms with van der Waals surface area (Å²) in [6, 6.07) is 17.6. The van der Waals surface area contributed by atoms with Gasteiger partial charge in [-0.15, -0.1) is 0 Å². The molecule has 100 heavy (non-hydrogen) atoms. The van der Waals surface area contributed by atoms with Crippen LogP contribution in [0.25, 0.3) is 4.85 Å². The highest BCUT2D eigenvalue weighted by atomic mass is 32.2. The molecule has 2 N–H and O–H groups in total. The van der Waals surface area contributed by atoms with E-state index in [0.29, 0.717) is 24.9 Å². The third kappa shape index (κ3) is 20.8. The van der Waals surface area contributed by atoms with Crippen molar-refractivity contribution in [2.24, 2.45) is 45.2 Å². The molecule has 4 saturated carbocycles. The zero-order valence-corrected chi connectivity index (χ0v) is 53.4. The number of rotatable bonds is 13. The van der Waals surface area contributed by atoms with E-state index in [1.807, 2.05) is 0 Å². The zero-order valence-electron chi connectivity index (χ0n) is 49.3. The summed E-state index contributed by atoms with van der Waals surface area (Å²) in [6.07, 6.45) is 4.18. The van der Waals surface area contributed by atoms with Gasteiger partial charge in [-0.1, -0.05) is 48.5 Å². The lowest BCUT2D eigenvalue weighted by molar-refractivity contribution is -0.384. The largest absolute Gasteiger partial charge is 0.861 e. The number of anilines is 2. The summed E-state index contributed by atoms with van der Waals surface area (Å²) >= 11 is 0. The number of nitrogen functional groups attached to an aromatic ring is 1. The quantitative estimate of drug-likeness (QED) is 0.0169. The van der Waals surface area contributed by atoms with Crippen LogP contribution in [0.1, 0.15) is 60.8 Å². The van der Waals surface area contributed by atoms with Crippen molar-refractivity contribution in [1.82, 2.24) is 0 Å². The molecule has 48 heteroatoms. The molecule has 0 saturated heterocycles. The number of benzene rings is 5. The van der Waals surface area contributed by atoms with E-state index in [0.717, 1.165) is 79.9 Å². The first-order valence-electron chi connectivity index (χ1n) is 26.2. The van der Waals surface area contributed by atoms with E-state index in [1.54, 1.807) is 19.0 Å². The van der Waals surface area contributed by atoms with E-state index >= 15 is 0 Å². The van der Waals surface area contributed by atoms with Crippen LogP contribution in [-0.2, 0) is 50.1 Å². The average Bonchev–Trinajstić information content (AvgIpc) is 0.734. The molecule has 0 radical (unpaired) electrons. The normalized spacial score (nSPS) is 18.7. The summed E-state index contributed by atoms with van der Waals surface area (Å²) in [7, 11) is -25.3. The number of nitrogens with two attached hydrogens (primary N) is 1. The molecule has 0 spiro atoms. The molecule has 4 fully saturated rings. The van der Waals surface area contributed by atoms with Crippen molar-refractivity contribution in [2.75, 3.05) is 24.7 Å². The minimum absolute atomic E-state index is 0.158. The molecule has 4 aliphatic rings. The second-order valence-corrected chi connectivity index (χ2v) is 28.7. The monoisotopic (exact) mass is 1540 g/mol. The Balaban J connectivity index is 0.000000269. The van der Waals surface area contributed by atoms with Crippen molar-refractivity contribution in [3.05, 3.63) is 170 Å². The van der Waals surface area contributed by atoms with Crippen LogP contribution in [0.15, 0.2) is 124 Å². The van der Waals surface area contributed by atoms with Crippen LogP contribution >= 0.6 is 0 Å². The molecule has 0 aliphatic heterocycles. The van der Waals surface area contributed by atoms with Crippen molar-refractivity contribution in [3.8, 4) is 0 Å². The van der Waals surface area contributed by atoms with E-state index in [2.05, 4.69) is 26.8 Å². The summed E-state index contributed by atoms with van der Waals surface area (Å²) in [5.74, 6) is -18.7. The SMILES string of the molecule is CN(C)c1ccc(C([O-])=NS(=O)(=O)C(F)(F)F)cc1.Nc1ccc(C([O-])=NS(=O)(=O)C(F)(F)F)cc1.O=S(=O)(N=C([O-])C12CC3CC(CC(C3)C1)C2)c1c(F)c(F)c(F)c(F)c1F.O=[N+]([O-])c1ccc(C([O-])=NS(=O)(=O)C(F)(F)F)cc1.[C-]#[N+]c1ccc(C([O-])=NS(=O)(=O)C(F)(F)F)cc1. The number of hydrogen-bond donors (Lipinski definition) is 1. The highest BCUT2D eigenvalue weighted by molar-refractivity contribution is 7.92. The van der Waals surface area contributed by atoms with Gasteiger partial charge in [0.25, 0.3) is 15.7 Å². The Morgan fingerprint density at radius 2 is 0.750 bits per heavy atom. The number of halogens is 17. The Morgan fingerprint density at radius 1 is 0.480 bits per heavy atom. The van der Waals surface area contributed by atoms with Crippen molar-refractivity contribution >= 4 is 102 Å². The van der Waals surface area contributed by atoms with Crippen LogP contribution in [0.5, 0.6) is 0 Å². The van der Waals surface area contributed by atoms with Gasteiger partial charge < -0.3 is 36.2 Å². The fourth-order valence-electron chi connectivity index (χ4n) is 9.22. The fourth-order valence-corrected chi connectivity index (χ4v) is 12.1. The lowest BCUT2D eigenvalue weighted by atomic mass is 9.49. The number of nitro groups is 1. The summed E-state index contributed by atoms with van der Waals surface area (Å²) in [6.45, 7) is 6.62. The first kappa shape index (κ1) is 82.9. The summed E-state index contributed by atoms with van der Waals surface area (Å²) in [4.78, 5) is 12.1. The van der Waals surface area contributed by atoms with Crippen molar-refractivity contribution in [1.29, 1.82) is 0 Å². The molecule has 0 amide bonds. The minimum atomic E-state index is -5.93. The molecule has 5 aromatic carbocycles. The minimum Gasteiger partial charge on any atom is -0.861 e. The molecular formula is C52H39F17N9O17S5-5. The van der Waals surface area contributed by atoms with Crippen molar-refractivity contribution < 1.29 is 147 Å². The van der Waals surface area contributed by atoms with Crippen LogP contribution in [0.2, 0.25) is 0 Å². The third-order valence-corrected chi connectivity index (χ3v) is 18.7. The number of sulfonamides is 5.